The van der Waals surface area contributed by atoms with Crippen LogP contribution in [0.5, 0.6) is 0 Å². The van der Waals surface area contributed by atoms with Crippen LogP contribution in [0.3, 0.4) is 0 Å². The minimum atomic E-state index is -2.27. The van der Waals surface area contributed by atoms with Gasteiger partial charge in [-0.2, -0.15) is 5.26 Å². The van der Waals surface area contributed by atoms with Crippen molar-refractivity contribution in [1.82, 2.24) is 0 Å². The number of nitriles is 1. The molecule has 0 bridgehead atoms. The zero-order valence-electron chi connectivity index (χ0n) is 6.57. The molecule has 0 aromatic rings. The first kappa shape index (κ1) is 10.4. The van der Waals surface area contributed by atoms with E-state index in [-0.39, 0.29) is 6.42 Å². The van der Waals surface area contributed by atoms with Crippen LogP contribution in [0.15, 0.2) is 0 Å². The summed E-state index contributed by atoms with van der Waals surface area (Å²) in [6, 6.07) is 1.32. The second-order valence-electron chi connectivity index (χ2n) is 2.38. The maximum atomic E-state index is 10.5. The largest absolute Gasteiger partial charge is 0.480 e. The van der Waals surface area contributed by atoms with E-state index in [1.807, 2.05) is 0 Å². The summed E-state index contributed by atoms with van der Waals surface area (Å²) >= 11 is 0. The van der Waals surface area contributed by atoms with Crippen molar-refractivity contribution >= 4 is 11.9 Å². The molecule has 0 aliphatic heterocycles. The normalized spacial score (nSPS) is 10.3. The lowest BCUT2D eigenvalue weighted by molar-refractivity contribution is -0.160. The summed E-state index contributed by atoms with van der Waals surface area (Å²) in [4.78, 5) is 21.0. The van der Waals surface area contributed by atoms with Crippen molar-refractivity contribution < 1.29 is 19.8 Å². The number of nitrogens with zero attached hydrogens (tertiary/aromatic N) is 1. The van der Waals surface area contributed by atoms with Crippen molar-refractivity contribution in [3.05, 3.63) is 0 Å². The SMILES string of the molecule is CCCC(C#N)(C(=O)O)C(=O)O. The number of hydrogen-bond acceptors (Lipinski definition) is 3. The van der Waals surface area contributed by atoms with Crippen LogP contribution >= 0.6 is 0 Å². The van der Waals surface area contributed by atoms with Crippen LogP contribution in [0.25, 0.3) is 0 Å². The van der Waals surface area contributed by atoms with Crippen LogP contribution in [0.2, 0.25) is 0 Å². The molecule has 0 aliphatic rings. The van der Waals surface area contributed by atoms with Gasteiger partial charge in [0, 0.05) is 0 Å². The number of rotatable bonds is 4. The van der Waals surface area contributed by atoms with Crippen molar-refractivity contribution in [3.8, 4) is 6.07 Å². The van der Waals surface area contributed by atoms with Gasteiger partial charge in [0.25, 0.3) is 0 Å². The Balaban J connectivity index is 4.93. The molecular formula is C7H9NO4. The van der Waals surface area contributed by atoms with E-state index in [1.54, 1.807) is 6.92 Å². The maximum Gasteiger partial charge on any atom is 0.335 e. The van der Waals surface area contributed by atoms with Crippen LogP contribution in [-0.2, 0) is 9.59 Å². The molecule has 0 aliphatic carbocycles. The van der Waals surface area contributed by atoms with Gasteiger partial charge in [-0.25, -0.2) is 9.59 Å². The molecule has 5 heteroatoms. The molecule has 0 amide bonds. The first-order valence-corrected chi connectivity index (χ1v) is 3.39. The molecule has 0 radical (unpaired) electrons. The Morgan fingerprint density at radius 2 is 1.83 bits per heavy atom. The van der Waals surface area contributed by atoms with Crippen molar-refractivity contribution in [1.29, 1.82) is 5.26 Å². The Labute approximate surface area is 69.2 Å². The summed E-state index contributed by atoms with van der Waals surface area (Å²) in [5.74, 6) is -3.20. The highest BCUT2D eigenvalue weighted by atomic mass is 16.4. The zero-order valence-corrected chi connectivity index (χ0v) is 6.57. The van der Waals surface area contributed by atoms with E-state index in [9.17, 15) is 9.59 Å². The highest BCUT2D eigenvalue weighted by Crippen LogP contribution is 2.23. The third-order valence-corrected chi connectivity index (χ3v) is 1.55. The lowest BCUT2D eigenvalue weighted by Crippen LogP contribution is -2.37. The molecule has 0 saturated carbocycles. The standard InChI is InChI=1S/C7H9NO4/c1-2-3-7(4-8,5(9)10)6(11)12/h2-3H2,1H3,(H,9,10)(H,11,12). The first-order valence-electron chi connectivity index (χ1n) is 3.39. The van der Waals surface area contributed by atoms with Crippen LogP contribution in [0.4, 0.5) is 0 Å². The van der Waals surface area contributed by atoms with Crippen LogP contribution in [-0.4, -0.2) is 22.2 Å². The quantitative estimate of drug-likeness (QED) is 0.599. The second-order valence-corrected chi connectivity index (χ2v) is 2.38. The summed E-state index contributed by atoms with van der Waals surface area (Å²) in [5, 5.41) is 25.5. The fourth-order valence-electron chi connectivity index (χ4n) is 0.832. The average Bonchev–Trinajstić information content (AvgIpc) is 1.98. The summed E-state index contributed by atoms with van der Waals surface area (Å²) in [5.41, 5.74) is -2.27. The molecule has 0 aromatic heterocycles. The number of aliphatic carboxylic acids is 2. The Morgan fingerprint density at radius 3 is 1.92 bits per heavy atom. The third-order valence-electron chi connectivity index (χ3n) is 1.55. The number of carboxylic acid groups (broad SMARTS) is 2. The van der Waals surface area contributed by atoms with Gasteiger partial charge >= 0.3 is 11.9 Å². The molecule has 66 valence electrons. The van der Waals surface area contributed by atoms with Gasteiger partial charge in [-0.1, -0.05) is 13.3 Å². The fourth-order valence-corrected chi connectivity index (χ4v) is 0.832. The van der Waals surface area contributed by atoms with E-state index in [1.165, 1.54) is 6.07 Å². The average molecular weight is 171 g/mol. The topological polar surface area (TPSA) is 98.4 Å². The van der Waals surface area contributed by atoms with Gasteiger partial charge in [0.15, 0.2) is 0 Å². The summed E-state index contributed by atoms with van der Waals surface area (Å²) in [7, 11) is 0. The molecule has 0 heterocycles. The van der Waals surface area contributed by atoms with E-state index < -0.39 is 17.4 Å². The summed E-state index contributed by atoms with van der Waals surface area (Å²) in [6.07, 6.45) is 0.167. The Bertz CT molecular complexity index is 226. The van der Waals surface area contributed by atoms with E-state index in [2.05, 4.69) is 0 Å². The number of carbonyl (C=O) groups is 2. The van der Waals surface area contributed by atoms with Gasteiger partial charge in [0.1, 0.15) is 0 Å². The molecule has 0 fully saturated rings. The highest BCUT2D eigenvalue weighted by Gasteiger charge is 2.46. The summed E-state index contributed by atoms with van der Waals surface area (Å²) < 4.78 is 0. The second kappa shape index (κ2) is 3.72. The van der Waals surface area contributed by atoms with Gasteiger partial charge in [0.05, 0.1) is 6.07 Å². The first-order chi connectivity index (χ1) is 5.51. The van der Waals surface area contributed by atoms with E-state index in [0.717, 1.165) is 0 Å². The van der Waals surface area contributed by atoms with Crippen molar-refractivity contribution in [2.45, 2.75) is 19.8 Å². The molecule has 0 rings (SSSR count). The Morgan fingerprint density at radius 1 is 1.42 bits per heavy atom. The number of carboxylic acids is 2. The smallest absolute Gasteiger partial charge is 0.335 e. The minimum absolute atomic E-state index is 0.172. The third kappa shape index (κ3) is 1.53. The predicted octanol–water partition coefficient (Wildman–Crippen LogP) is 0.466. The van der Waals surface area contributed by atoms with Crippen LogP contribution < -0.4 is 0 Å². The monoisotopic (exact) mass is 171 g/mol. The van der Waals surface area contributed by atoms with Crippen LogP contribution in [0, 0.1) is 16.7 Å². The molecule has 2 N–H and O–H groups in total. The van der Waals surface area contributed by atoms with E-state index in [0.29, 0.717) is 6.42 Å². The van der Waals surface area contributed by atoms with Gasteiger partial charge in [-0.05, 0) is 6.42 Å². The lowest BCUT2D eigenvalue weighted by Gasteiger charge is -2.14. The van der Waals surface area contributed by atoms with Gasteiger partial charge in [0.2, 0.25) is 5.41 Å². The molecule has 5 nitrogen and oxygen atoms in total. The fraction of sp³-hybridized carbons (Fsp3) is 0.571. The minimum Gasteiger partial charge on any atom is -0.480 e. The molecule has 12 heavy (non-hydrogen) atoms. The maximum absolute atomic E-state index is 10.5. The van der Waals surface area contributed by atoms with Crippen molar-refractivity contribution in [2.75, 3.05) is 0 Å². The molecule has 0 saturated heterocycles. The van der Waals surface area contributed by atoms with Crippen molar-refractivity contribution in [2.24, 2.45) is 5.41 Å². The summed E-state index contributed by atoms with van der Waals surface area (Å²) in [6.45, 7) is 1.62. The van der Waals surface area contributed by atoms with Gasteiger partial charge in [-0.15, -0.1) is 0 Å². The zero-order chi connectivity index (χ0) is 9.78. The van der Waals surface area contributed by atoms with E-state index >= 15 is 0 Å². The van der Waals surface area contributed by atoms with Gasteiger partial charge < -0.3 is 10.2 Å². The number of hydrogen-bond donors (Lipinski definition) is 2. The van der Waals surface area contributed by atoms with Crippen LogP contribution in [0.1, 0.15) is 19.8 Å². The Kier molecular flexibility index (Phi) is 3.23. The highest BCUT2D eigenvalue weighted by molar-refractivity contribution is 6.01. The Hall–Kier alpha value is -1.57. The van der Waals surface area contributed by atoms with Crippen molar-refractivity contribution in [3.63, 3.8) is 0 Å². The van der Waals surface area contributed by atoms with Gasteiger partial charge in [-0.3, -0.25) is 0 Å². The molecule has 0 atom stereocenters. The molecule has 0 aromatic carbocycles. The molecule has 0 unspecified atom stereocenters. The molecule has 0 spiro atoms. The van der Waals surface area contributed by atoms with E-state index in [4.69, 9.17) is 15.5 Å². The predicted molar refractivity (Wildman–Crippen MR) is 38.2 cm³/mol. The lowest BCUT2D eigenvalue weighted by atomic mass is 9.85. The molecular weight excluding hydrogens is 162 g/mol.